The normalized spacial score (nSPS) is 10.9. The second kappa shape index (κ2) is 7.03. The van der Waals surface area contributed by atoms with E-state index in [9.17, 15) is 0 Å². The molecule has 124 valence electrons. The molecule has 0 radical (unpaired) electrons. The Labute approximate surface area is 151 Å². The van der Waals surface area contributed by atoms with Crippen LogP contribution >= 0.6 is 11.3 Å². The fourth-order valence-corrected chi connectivity index (χ4v) is 3.84. The molecule has 0 atom stereocenters. The molecule has 0 spiro atoms. The predicted molar refractivity (Wildman–Crippen MR) is 106 cm³/mol. The van der Waals surface area contributed by atoms with Gasteiger partial charge in [-0.25, -0.2) is 9.97 Å². The predicted octanol–water partition coefficient (Wildman–Crippen LogP) is 5.32. The first kappa shape index (κ1) is 15.8. The smallest absolute Gasteiger partial charge is 0.138 e. The average Bonchev–Trinajstić information content (AvgIpc) is 3.08. The number of rotatable bonds is 5. The van der Waals surface area contributed by atoms with Crippen LogP contribution in [0.15, 0.2) is 66.3 Å². The highest BCUT2D eigenvalue weighted by atomic mass is 32.1. The second-order valence-corrected chi connectivity index (χ2v) is 6.94. The zero-order valence-corrected chi connectivity index (χ0v) is 14.9. The molecule has 0 fully saturated rings. The molecule has 0 aliphatic carbocycles. The highest BCUT2D eigenvalue weighted by Crippen LogP contribution is 2.36. The quantitative estimate of drug-likeness (QED) is 0.532. The number of aryl methyl sites for hydroxylation is 1. The van der Waals surface area contributed by atoms with Crippen molar-refractivity contribution in [2.24, 2.45) is 0 Å². The summed E-state index contributed by atoms with van der Waals surface area (Å²) in [6.45, 7) is 2.95. The summed E-state index contributed by atoms with van der Waals surface area (Å²) in [4.78, 5) is 9.96. The highest BCUT2D eigenvalue weighted by molar-refractivity contribution is 7.17. The summed E-state index contributed by atoms with van der Waals surface area (Å²) in [7, 11) is 0. The van der Waals surface area contributed by atoms with Gasteiger partial charge in [-0.05, 0) is 24.5 Å². The van der Waals surface area contributed by atoms with Crippen LogP contribution < -0.4 is 5.32 Å². The molecule has 25 heavy (non-hydrogen) atoms. The molecule has 0 amide bonds. The highest BCUT2D eigenvalue weighted by Gasteiger charge is 2.12. The van der Waals surface area contributed by atoms with Crippen LogP contribution in [-0.4, -0.2) is 16.5 Å². The molecule has 0 bridgehead atoms. The number of nitrogens with zero attached hydrogens (tertiary/aromatic N) is 2. The van der Waals surface area contributed by atoms with Gasteiger partial charge in [-0.2, -0.15) is 0 Å². The molecule has 2 aromatic heterocycles. The summed E-state index contributed by atoms with van der Waals surface area (Å²) >= 11 is 1.67. The summed E-state index contributed by atoms with van der Waals surface area (Å²) in [6, 6.07) is 19.1. The van der Waals surface area contributed by atoms with Gasteiger partial charge in [0.05, 0.1) is 5.39 Å². The van der Waals surface area contributed by atoms with Crippen molar-refractivity contribution in [1.82, 2.24) is 9.97 Å². The van der Waals surface area contributed by atoms with E-state index in [2.05, 4.69) is 76.1 Å². The van der Waals surface area contributed by atoms with Gasteiger partial charge in [-0.3, -0.25) is 0 Å². The number of hydrogen-bond donors (Lipinski definition) is 1. The van der Waals surface area contributed by atoms with Crippen LogP contribution in [-0.2, 0) is 6.42 Å². The first-order valence-electron chi connectivity index (χ1n) is 8.38. The first-order valence-corrected chi connectivity index (χ1v) is 9.26. The van der Waals surface area contributed by atoms with Crippen molar-refractivity contribution in [1.29, 1.82) is 0 Å². The molecular weight excluding hydrogens is 326 g/mol. The molecular formula is C21H19N3S. The molecule has 3 nitrogen and oxygen atoms in total. The van der Waals surface area contributed by atoms with Crippen molar-refractivity contribution < 1.29 is 0 Å². The molecule has 0 saturated carbocycles. The molecule has 0 saturated heterocycles. The van der Waals surface area contributed by atoms with Gasteiger partial charge in [0, 0.05) is 17.5 Å². The molecule has 4 rings (SSSR count). The molecule has 4 heteroatoms. The lowest BCUT2D eigenvalue weighted by Crippen LogP contribution is -2.06. The summed E-state index contributed by atoms with van der Waals surface area (Å²) in [5, 5.41) is 6.79. The fraction of sp³-hybridized carbons (Fsp3) is 0.143. The maximum absolute atomic E-state index is 4.50. The fourth-order valence-electron chi connectivity index (χ4n) is 2.92. The van der Waals surface area contributed by atoms with E-state index in [4.69, 9.17) is 0 Å². The first-order chi connectivity index (χ1) is 12.3. The third-order valence-corrected chi connectivity index (χ3v) is 5.17. The van der Waals surface area contributed by atoms with Gasteiger partial charge in [-0.15, -0.1) is 11.3 Å². The SMILES string of the molecule is Cc1ccc(-c2csc3ncnc(NCCc4ccccc4)c23)cc1. The Kier molecular flexibility index (Phi) is 4.44. The number of thiophene rings is 1. The third kappa shape index (κ3) is 3.39. The second-order valence-electron chi connectivity index (χ2n) is 6.08. The Balaban J connectivity index is 1.62. The number of aromatic nitrogens is 2. The van der Waals surface area contributed by atoms with Crippen molar-refractivity contribution in [3.8, 4) is 11.1 Å². The zero-order valence-electron chi connectivity index (χ0n) is 14.1. The lowest BCUT2D eigenvalue weighted by Gasteiger charge is -2.09. The number of benzene rings is 2. The molecule has 0 aliphatic rings. The van der Waals surface area contributed by atoms with E-state index in [1.54, 1.807) is 17.7 Å². The molecule has 0 aliphatic heterocycles. The maximum atomic E-state index is 4.50. The monoisotopic (exact) mass is 345 g/mol. The van der Waals surface area contributed by atoms with Gasteiger partial charge in [0.25, 0.3) is 0 Å². The van der Waals surface area contributed by atoms with Crippen LogP contribution in [0.25, 0.3) is 21.3 Å². The van der Waals surface area contributed by atoms with E-state index < -0.39 is 0 Å². The van der Waals surface area contributed by atoms with E-state index in [0.717, 1.165) is 29.0 Å². The van der Waals surface area contributed by atoms with Gasteiger partial charge in [0.15, 0.2) is 0 Å². The molecule has 0 unspecified atom stereocenters. The van der Waals surface area contributed by atoms with Gasteiger partial charge < -0.3 is 5.32 Å². The van der Waals surface area contributed by atoms with E-state index in [1.807, 2.05) is 6.07 Å². The minimum atomic E-state index is 0.847. The van der Waals surface area contributed by atoms with E-state index in [-0.39, 0.29) is 0 Å². The largest absolute Gasteiger partial charge is 0.369 e. The van der Waals surface area contributed by atoms with Crippen molar-refractivity contribution in [3.63, 3.8) is 0 Å². The Morgan fingerprint density at radius 3 is 2.56 bits per heavy atom. The van der Waals surface area contributed by atoms with Gasteiger partial charge in [0.1, 0.15) is 17.0 Å². The Bertz CT molecular complexity index is 975. The molecule has 1 N–H and O–H groups in total. The van der Waals surface area contributed by atoms with E-state index in [1.165, 1.54) is 22.3 Å². The lowest BCUT2D eigenvalue weighted by atomic mass is 10.0. The minimum absolute atomic E-state index is 0.847. The topological polar surface area (TPSA) is 37.8 Å². The standard InChI is InChI=1S/C21H19N3S/c1-15-7-9-17(10-8-15)18-13-25-21-19(18)20(23-14-24-21)22-12-11-16-5-3-2-4-6-16/h2-10,13-14H,11-12H2,1H3,(H,22,23,24). The van der Waals surface area contributed by atoms with Gasteiger partial charge >= 0.3 is 0 Å². The Morgan fingerprint density at radius 1 is 0.960 bits per heavy atom. The minimum Gasteiger partial charge on any atom is -0.369 e. The van der Waals surface area contributed by atoms with Gasteiger partial charge in [-0.1, -0.05) is 60.2 Å². The zero-order chi connectivity index (χ0) is 17.1. The number of nitrogens with one attached hydrogen (secondary N) is 1. The number of fused-ring (bicyclic) bond motifs is 1. The average molecular weight is 345 g/mol. The van der Waals surface area contributed by atoms with Gasteiger partial charge in [0.2, 0.25) is 0 Å². The number of anilines is 1. The number of hydrogen-bond acceptors (Lipinski definition) is 4. The van der Waals surface area contributed by atoms with E-state index in [0.29, 0.717) is 0 Å². The van der Waals surface area contributed by atoms with Crippen LogP contribution in [0.2, 0.25) is 0 Å². The van der Waals surface area contributed by atoms with Crippen LogP contribution in [0.3, 0.4) is 0 Å². The summed E-state index contributed by atoms with van der Waals surface area (Å²) in [5.74, 6) is 0.915. The van der Waals surface area contributed by atoms with Crippen molar-refractivity contribution in [2.45, 2.75) is 13.3 Å². The van der Waals surface area contributed by atoms with Crippen LogP contribution in [0, 0.1) is 6.92 Å². The lowest BCUT2D eigenvalue weighted by molar-refractivity contribution is 1.01. The van der Waals surface area contributed by atoms with Crippen LogP contribution in [0.1, 0.15) is 11.1 Å². The van der Waals surface area contributed by atoms with Crippen LogP contribution in [0.4, 0.5) is 5.82 Å². The summed E-state index contributed by atoms with van der Waals surface area (Å²) in [5.41, 5.74) is 4.99. The Hall–Kier alpha value is -2.72. The Morgan fingerprint density at radius 2 is 1.76 bits per heavy atom. The summed E-state index contributed by atoms with van der Waals surface area (Å²) < 4.78 is 0. The maximum Gasteiger partial charge on any atom is 0.138 e. The van der Waals surface area contributed by atoms with Crippen molar-refractivity contribution >= 4 is 27.4 Å². The molecule has 2 heterocycles. The molecule has 2 aromatic carbocycles. The van der Waals surface area contributed by atoms with E-state index >= 15 is 0 Å². The molecule has 4 aromatic rings. The third-order valence-electron chi connectivity index (χ3n) is 4.28. The van der Waals surface area contributed by atoms with Crippen LogP contribution in [0.5, 0.6) is 0 Å². The van der Waals surface area contributed by atoms with Crippen molar-refractivity contribution in [3.05, 3.63) is 77.4 Å². The summed E-state index contributed by atoms with van der Waals surface area (Å²) in [6.07, 6.45) is 2.61. The van der Waals surface area contributed by atoms with Crippen molar-refractivity contribution in [2.75, 3.05) is 11.9 Å².